The number of hydrogen-bond donors (Lipinski definition) is 1. The minimum atomic E-state index is 0. The van der Waals surface area contributed by atoms with E-state index in [9.17, 15) is 0 Å². The van der Waals surface area contributed by atoms with Crippen LogP contribution in [-0.4, -0.2) is 18.8 Å². The van der Waals surface area contributed by atoms with Gasteiger partial charge in [0.15, 0.2) is 0 Å². The first-order chi connectivity index (χ1) is 5.31. The van der Waals surface area contributed by atoms with Gasteiger partial charge in [-0.3, -0.25) is 0 Å². The average Bonchev–Trinajstić information content (AvgIpc) is 1.79. The molecule has 0 rings (SSSR count). The van der Waals surface area contributed by atoms with Crippen molar-refractivity contribution in [1.82, 2.24) is 0 Å². The Morgan fingerprint density at radius 3 is 2.00 bits per heavy atom. The molecule has 0 fully saturated rings. The Balaban J connectivity index is 0. The standard InChI is InChI=1S/C10H23NO.H2S/c1-8(2)12-7-9(11)6-10(3,4)5;/h8-9H,6-7,11H2,1-5H3;1H2/t9-;/m1./s1. The van der Waals surface area contributed by atoms with E-state index in [2.05, 4.69) is 20.8 Å². The molecule has 0 bridgehead atoms. The van der Waals surface area contributed by atoms with Crippen molar-refractivity contribution in [2.24, 2.45) is 11.1 Å². The van der Waals surface area contributed by atoms with Crippen molar-refractivity contribution in [1.29, 1.82) is 0 Å². The fourth-order valence-corrected chi connectivity index (χ4v) is 1.16. The quantitative estimate of drug-likeness (QED) is 0.767. The summed E-state index contributed by atoms with van der Waals surface area (Å²) < 4.78 is 5.42. The Morgan fingerprint density at radius 1 is 1.23 bits per heavy atom. The zero-order valence-corrected chi connectivity index (χ0v) is 10.6. The maximum atomic E-state index is 5.88. The van der Waals surface area contributed by atoms with Gasteiger partial charge in [0, 0.05) is 6.04 Å². The first kappa shape index (κ1) is 15.7. The maximum absolute atomic E-state index is 5.88. The molecular formula is C10H25NOS. The summed E-state index contributed by atoms with van der Waals surface area (Å²) in [5.41, 5.74) is 6.19. The fraction of sp³-hybridized carbons (Fsp3) is 1.00. The molecule has 0 aromatic carbocycles. The third kappa shape index (κ3) is 12.3. The van der Waals surface area contributed by atoms with Gasteiger partial charge in [0.1, 0.15) is 0 Å². The van der Waals surface area contributed by atoms with E-state index >= 15 is 0 Å². The molecule has 0 heterocycles. The van der Waals surface area contributed by atoms with Gasteiger partial charge in [0.2, 0.25) is 0 Å². The SMILES string of the molecule is CC(C)OC[C@H](N)CC(C)(C)C.S. The first-order valence-corrected chi connectivity index (χ1v) is 4.68. The second-order valence-electron chi connectivity index (χ2n) is 4.91. The average molecular weight is 207 g/mol. The lowest BCUT2D eigenvalue weighted by atomic mass is 9.89. The molecular weight excluding hydrogens is 182 g/mol. The highest BCUT2D eigenvalue weighted by atomic mass is 32.1. The van der Waals surface area contributed by atoms with Crippen molar-refractivity contribution in [2.75, 3.05) is 6.61 Å². The lowest BCUT2D eigenvalue weighted by Gasteiger charge is -2.23. The van der Waals surface area contributed by atoms with Gasteiger partial charge in [-0.2, -0.15) is 13.5 Å². The molecule has 0 aliphatic rings. The second kappa shape index (κ2) is 6.68. The molecule has 0 aromatic rings. The van der Waals surface area contributed by atoms with Crippen molar-refractivity contribution in [3.05, 3.63) is 0 Å². The van der Waals surface area contributed by atoms with E-state index in [1.807, 2.05) is 13.8 Å². The van der Waals surface area contributed by atoms with Crippen molar-refractivity contribution in [2.45, 2.75) is 53.2 Å². The first-order valence-electron chi connectivity index (χ1n) is 4.68. The van der Waals surface area contributed by atoms with Crippen LogP contribution in [0.1, 0.15) is 41.0 Å². The van der Waals surface area contributed by atoms with Crippen LogP contribution < -0.4 is 5.73 Å². The molecule has 0 unspecified atom stereocenters. The molecule has 82 valence electrons. The van der Waals surface area contributed by atoms with Crippen molar-refractivity contribution >= 4 is 13.5 Å². The van der Waals surface area contributed by atoms with Gasteiger partial charge < -0.3 is 10.5 Å². The molecule has 0 aliphatic carbocycles. The van der Waals surface area contributed by atoms with E-state index < -0.39 is 0 Å². The van der Waals surface area contributed by atoms with E-state index in [-0.39, 0.29) is 25.6 Å². The molecule has 0 saturated carbocycles. The largest absolute Gasteiger partial charge is 0.377 e. The Kier molecular flexibility index (Phi) is 8.09. The van der Waals surface area contributed by atoms with Gasteiger partial charge >= 0.3 is 0 Å². The van der Waals surface area contributed by atoms with Crippen LogP contribution in [0.4, 0.5) is 0 Å². The van der Waals surface area contributed by atoms with Gasteiger partial charge in [0.25, 0.3) is 0 Å². The summed E-state index contributed by atoms with van der Waals surface area (Å²) in [7, 11) is 0. The highest BCUT2D eigenvalue weighted by molar-refractivity contribution is 7.59. The van der Waals surface area contributed by atoms with E-state index in [0.29, 0.717) is 12.0 Å². The zero-order valence-electron chi connectivity index (χ0n) is 9.55. The summed E-state index contributed by atoms with van der Waals surface area (Å²) in [6.07, 6.45) is 1.30. The van der Waals surface area contributed by atoms with E-state index in [4.69, 9.17) is 10.5 Å². The lowest BCUT2D eigenvalue weighted by molar-refractivity contribution is 0.0606. The van der Waals surface area contributed by atoms with Gasteiger partial charge in [-0.1, -0.05) is 20.8 Å². The molecule has 0 aliphatic heterocycles. The summed E-state index contributed by atoms with van der Waals surface area (Å²) in [5, 5.41) is 0. The minimum Gasteiger partial charge on any atom is -0.377 e. The Morgan fingerprint density at radius 2 is 1.69 bits per heavy atom. The third-order valence-corrected chi connectivity index (χ3v) is 1.52. The van der Waals surface area contributed by atoms with Crippen LogP contribution in [0.2, 0.25) is 0 Å². The van der Waals surface area contributed by atoms with Crippen LogP contribution >= 0.6 is 13.5 Å². The predicted molar refractivity (Wildman–Crippen MR) is 63.5 cm³/mol. The topological polar surface area (TPSA) is 35.2 Å². The molecule has 1 atom stereocenters. The van der Waals surface area contributed by atoms with Crippen LogP contribution in [0, 0.1) is 5.41 Å². The van der Waals surface area contributed by atoms with E-state index in [1.165, 1.54) is 0 Å². The minimum absolute atomic E-state index is 0. The third-order valence-electron chi connectivity index (χ3n) is 1.52. The van der Waals surface area contributed by atoms with Gasteiger partial charge in [-0.25, -0.2) is 0 Å². The Hall–Kier alpha value is 0.270. The molecule has 0 radical (unpaired) electrons. The summed E-state index contributed by atoms with van der Waals surface area (Å²) in [5.74, 6) is 0. The highest BCUT2D eigenvalue weighted by Gasteiger charge is 2.15. The lowest BCUT2D eigenvalue weighted by Crippen LogP contribution is -2.32. The number of hydrogen-bond acceptors (Lipinski definition) is 2. The predicted octanol–water partition coefficient (Wildman–Crippen LogP) is 2.29. The Labute approximate surface area is 89.7 Å². The van der Waals surface area contributed by atoms with Gasteiger partial charge in [-0.05, 0) is 25.7 Å². The Bertz CT molecular complexity index is 121. The van der Waals surface area contributed by atoms with E-state index in [0.717, 1.165) is 6.42 Å². The zero-order chi connectivity index (χ0) is 9.78. The van der Waals surface area contributed by atoms with Crippen LogP contribution in [0.5, 0.6) is 0 Å². The molecule has 2 N–H and O–H groups in total. The fourth-order valence-electron chi connectivity index (χ4n) is 1.16. The second-order valence-corrected chi connectivity index (χ2v) is 4.91. The summed E-state index contributed by atoms with van der Waals surface area (Å²) in [6.45, 7) is 11.3. The molecule has 0 spiro atoms. The number of rotatable bonds is 4. The molecule has 2 nitrogen and oxygen atoms in total. The number of ether oxygens (including phenoxy) is 1. The van der Waals surface area contributed by atoms with Gasteiger partial charge in [0.05, 0.1) is 12.7 Å². The molecule has 0 amide bonds. The van der Waals surface area contributed by atoms with Gasteiger partial charge in [-0.15, -0.1) is 0 Å². The van der Waals surface area contributed by atoms with Crippen LogP contribution in [0.3, 0.4) is 0 Å². The maximum Gasteiger partial charge on any atom is 0.0621 e. The molecule has 13 heavy (non-hydrogen) atoms. The number of nitrogens with two attached hydrogens (primary N) is 1. The summed E-state index contributed by atoms with van der Waals surface area (Å²) in [4.78, 5) is 0. The van der Waals surface area contributed by atoms with Crippen LogP contribution in [0.25, 0.3) is 0 Å². The van der Waals surface area contributed by atoms with Crippen LogP contribution in [0.15, 0.2) is 0 Å². The normalized spacial score (nSPS) is 14.1. The monoisotopic (exact) mass is 207 g/mol. The van der Waals surface area contributed by atoms with Crippen LogP contribution in [-0.2, 0) is 4.74 Å². The summed E-state index contributed by atoms with van der Waals surface area (Å²) in [6, 6.07) is 0.174. The smallest absolute Gasteiger partial charge is 0.0621 e. The van der Waals surface area contributed by atoms with Crippen molar-refractivity contribution in [3.63, 3.8) is 0 Å². The molecule has 0 saturated heterocycles. The van der Waals surface area contributed by atoms with E-state index in [1.54, 1.807) is 0 Å². The van der Waals surface area contributed by atoms with Crippen molar-refractivity contribution < 1.29 is 4.74 Å². The van der Waals surface area contributed by atoms with Crippen molar-refractivity contribution in [3.8, 4) is 0 Å². The highest BCUT2D eigenvalue weighted by Crippen LogP contribution is 2.19. The molecule has 3 heteroatoms. The summed E-state index contributed by atoms with van der Waals surface area (Å²) >= 11 is 0. The molecule has 0 aromatic heterocycles.